The lowest BCUT2D eigenvalue weighted by atomic mass is 9.83. The van der Waals surface area contributed by atoms with Crippen LogP contribution < -0.4 is 4.74 Å². The Bertz CT molecular complexity index is 963. The second kappa shape index (κ2) is 7.42. The number of benzene rings is 2. The maximum atomic E-state index is 13.4. The highest BCUT2D eigenvalue weighted by atomic mass is 32.2. The van der Waals surface area contributed by atoms with Crippen molar-refractivity contribution in [2.75, 3.05) is 26.7 Å². The van der Waals surface area contributed by atoms with E-state index in [1.54, 1.807) is 7.11 Å². The number of ether oxygens (including phenoxy) is 1. The van der Waals surface area contributed by atoms with E-state index >= 15 is 0 Å². The molecule has 0 bridgehead atoms. The van der Waals surface area contributed by atoms with Crippen LogP contribution in [0.25, 0.3) is 0 Å². The Morgan fingerprint density at radius 2 is 1.86 bits per heavy atom. The first kappa shape index (κ1) is 19.3. The third-order valence-corrected chi connectivity index (χ3v) is 7.43. The fourth-order valence-corrected chi connectivity index (χ4v) is 5.73. The average Bonchev–Trinajstić information content (AvgIpc) is 2.65. The standard InChI is InChI=1S/C20H22F2N2O3S/c1-27-18-4-2-3-14(7-18)11-23-12-15-13-24(6-5-20(15)23)28(25,26)19-9-16(21)8-17(22)10-19/h2-4,7-10,15,20H,5-6,11-13H2,1H3/t15-,20+/m0/s1. The van der Waals surface area contributed by atoms with Crippen molar-refractivity contribution in [1.29, 1.82) is 0 Å². The lowest BCUT2D eigenvalue weighted by Crippen LogP contribution is -2.63. The molecule has 2 aromatic carbocycles. The molecule has 2 aliphatic rings. The smallest absolute Gasteiger partial charge is 0.243 e. The molecule has 0 radical (unpaired) electrons. The van der Waals surface area contributed by atoms with Crippen LogP contribution in [0.2, 0.25) is 0 Å². The number of hydrogen-bond donors (Lipinski definition) is 0. The van der Waals surface area contributed by atoms with Crippen molar-refractivity contribution in [2.45, 2.75) is 23.9 Å². The van der Waals surface area contributed by atoms with Crippen LogP contribution in [0.3, 0.4) is 0 Å². The molecule has 2 aliphatic heterocycles. The first-order valence-corrected chi connectivity index (χ1v) is 10.6. The number of sulfonamides is 1. The monoisotopic (exact) mass is 408 g/mol. The first-order chi connectivity index (χ1) is 13.4. The second-order valence-corrected chi connectivity index (χ2v) is 9.30. The number of hydrogen-bond acceptors (Lipinski definition) is 4. The van der Waals surface area contributed by atoms with Gasteiger partial charge in [-0.2, -0.15) is 4.31 Å². The molecule has 2 heterocycles. The Balaban J connectivity index is 1.42. The number of fused-ring (bicyclic) bond motifs is 1. The molecule has 2 atom stereocenters. The molecule has 0 unspecified atom stereocenters. The van der Waals surface area contributed by atoms with E-state index in [2.05, 4.69) is 4.90 Å². The molecule has 150 valence electrons. The molecular weight excluding hydrogens is 386 g/mol. The number of piperidine rings is 1. The Labute approximate surface area is 163 Å². The van der Waals surface area contributed by atoms with E-state index in [0.29, 0.717) is 31.6 Å². The van der Waals surface area contributed by atoms with Crippen LogP contribution in [0, 0.1) is 17.6 Å². The van der Waals surface area contributed by atoms with Gasteiger partial charge in [0.05, 0.1) is 12.0 Å². The summed E-state index contributed by atoms with van der Waals surface area (Å²) in [5, 5.41) is 0. The summed E-state index contributed by atoms with van der Waals surface area (Å²) in [7, 11) is -2.26. The van der Waals surface area contributed by atoms with Gasteiger partial charge >= 0.3 is 0 Å². The molecule has 0 aliphatic carbocycles. The molecule has 8 heteroatoms. The summed E-state index contributed by atoms with van der Waals surface area (Å²) < 4.78 is 59.1. The molecule has 2 fully saturated rings. The number of nitrogens with zero attached hydrogens (tertiary/aromatic N) is 2. The highest BCUT2D eigenvalue weighted by Gasteiger charge is 2.45. The maximum Gasteiger partial charge on any atom is 0.243 e. The summed E-state index contributed by atoms with van der Waals surface area (Å²) in [4.78, 5) is 2.02. The van der Waals surface area contributed by atoms with Crippen molar-refractivity contribution in [3.05, 3.63) is 59.7 Å². The van der Waals surface area contributed by atoms with Gasteiger partial charge in [-0.1, -0.05) is 12.1 Å². The van der Waals surface area contributed by atoms with E-state index in [0.717, 1.165) is 36.5 Å². The first-order valence-electron chi connectivity index (χ1n) is 9.20. The molecule has 0 spiro atoms. The van der Waals surface area contributed by atoms with Crippen molar-refractivity contribution in [3.63, 3.8) is 0 Å². The van der Waals surface area contributed by atoms with Crippen molar-refractivity contribution >= 4 is 10.0 Å². The Hall–Kier alpha value is -2.03. The summed E-state index contributed by atoms with van der Waals surface area (Å²) >= 11 is 0. The van der Waals surface area contributed by atoms with Crippen LogP contribution in [0.1, 0.15) is 12.0 Å². The summed E-state index contributed by atoms with van der Waals surface area (Å²) in [6.45, 7) is 2.31. The van der Waals surface area contributed by atoms with Gasteiger partial charge in [0.1, 0.15) is 17.4 Å². The minimum Gasteiger partial charge on any atom is -0.497 e. The average molecular weight is 408 g/mol. The Kier molecular flexibility index (Phi) is 5.11. The zero-order valence-electron chi connectivity index (χ0n) is 15.5. The zero-order chi connectivity index (χ0) is 19.9. The molecule has 4 rings (SSSR count). The van der Waals surface area contributed by atoms with Crippen molar-refractivity contribution in [2.24, 2.45) is 5.92 Å². The number of methoxy groups -OCH3 is 1. The molecule has 0 amide bonds. The van der Waals surface area contributed by atoms with Gasteiger partial charge in [-0.05, 0) is 36.2 Å². The lowest BCUT2D eigenvalue weighted by Gasteiger charge is -2.53. The van der Waals surface area contributed by atoms with E-state index < -0.39 is 21.7 Å². The van der Waals surface area contributed by atoms with Gasteiger partial charge < -0.3 is 4.74 Å². The van der Waals surface area contributed by atoms with E-state index in [1.807, 2.05) is 24.3 Å². The largest absolute Gasteiger partial charge is 0.497 e. The normalized spacial score (nSPS) is 23.1. The number of likely N-dealkylation sites (tertiary alicyclic amines) is 1. The minimum absolute atomic E-state index is 0.229. The molecule has 5 nitrogen and oxygen atoms in total. The number of halogens is 2. The van der Waals surface area contributed by atoms with Crippen LogP contribution in [0.4, 0.5) is 8.78 Å². The summed E-state index contributed by atoms with van der Waals surface area (Å²) in [6.07, 6.45) is 0.700. The summed E-state index contributed by atoms with van der Waals surface area (Å²) in [5.41, 5.74) is 1.16. The summed E-state index contributed by atoms with van der Waals surface area (Å²) in [5.74, 6) is -0.728. The van der Waals surface area contributed by atoms with Gasteiger partial charge in [-0.15, -0.1) is 0 Å². The van der Waals surface area contributed by atoms with Crippen molar-refractivity contribution in [3.8, 4) is 5.75 Å². The van der Waals surface area contributed by atoms with Crippen LogP contribution >= 0.6 is 0 Å². The predicted octanol–water partition coefficient (Wildman–Crippen LogP) is 2.87. The number of rotatable bonds is 5. The van der Waals surface area contributed by atoms with E-state index in [1.165, 1.54) is 4.31 Å². The highest BCUT2D eigenvalue weighted by Crippen LogP contribution is 2.36. The third kappa shape index (κ3) is 3.64. The van der Waals surface area contributed by atoms with E-state index in [9.17, 15) is 17.2 Å². The lowest BCUT2D eigenvalue weighted by molar-refractivity contribution is -0.0306. The quantitative estimate of drug-likeness (QED) is 0.764. The predicted molar refractivity (Wildman–Crippen MR) is 100 cm³/mol. The fraction of sp³-hybridized carbons (Fsp3) is 0.400. The fourth-order valence-electron chi connectivity index (χ4n) is 4.18. The molecule has 2 saturated heterocycles. The minimum atomic E-state index is -3.90. The SMILES string of the molecule is COc1cccc(CN2C[C@H]3CN(S(=O)(=O)c4cc(F)cc(F)c4)CC[C@H]32)c1. The van der Waals surface area contributed by atoms with Crippen molar-refractivity contribution < 1.29 is 21.9 Å². The molecule has 2 aromatic rings. The van der Waals surface area contributed by atoms with Gasteiger partial charge in [0.15, 0.2) is 0 Å². The van der Waals surface area contributed by atoms with Crippen LogP contribution in [-0.2, 0) is 16.6 Å². The Morgan fingerprint density at radius 3 is 2.54 bits per heavy atom. The van der Waals surface area contributed by atoms with Gasteiger partial charge in [0.2, 0.25) is 10.0 Å². The molecule has 0 N–H and O–H groups in total. The van der Waals surface area contributed by atoms with Gasteiger partial charge in [-0.25, -0.2) is 17.2 Å². The zero-order valence-corrected chi connectivity index (χ0v) is 16.3. The maximum absolute atomic E-state index is 13.4. The molecule has 0 aromatic heterocycles. The van der Waals surface area contributed by atoms with E-state index in [-0.39, 0.29) is 10.8 Å². The third-order valence-electron chi connectivity index (χ3n) is 5.59. The molecular formula is C20H22F2N2O3S. The van der Waals surface area contributed by atoms with Crippen LogP contribution in [0.15, 0.2) is 47.4 Å². The van der Waals surface area contributed by atoms with Crippen LogP contribution in [-0.4, -0.2) is 50.4 Å². The second-order valence-electron chi connectivity index (χ2n) is 7.37. The Morgan fingerprint density at radius 1 is 1.11 bits per heavy atom. The van der Waals surface area contributed by atoms with Crippen molar-refractivity contribution in [1.82, 2.24) is 9.21 Å². The molecule has 28 heavy (non-hydrogen) atoms. The topological polar surface area (TPSA) is 49.9 Å². The van der Waals surface area contributed by atoms with Crippen LogP contribution in [0.5, 0.6) is 5.75 Å². The van der Waals surface area contributed by atoms with Gasteiger partial charge in [0.25, 0.3) is 0 Å². The van der Waals surface area contributed by atoms with E-state index in [4.69, 9.17) is 4.74 Å². The van der Waals surface area contributed by atoms with Gasteiger partial charge in [-0.3, -0.25) is 4.90 Å². The van der Waals surface area contributed by atoms with Gasteiger partial charge in [0, 0.05) is 44.2 Å². The summed E-state index contributed by atoms with van der Waals surface area (Å²) in [6, 6.07) is 10.7. The highest BCUT2D eigenvalue weighted by molar-refractivity contribution is 7.89. The molecule has 0 saturated carbocycles.